The van der Waals surface area contributed by atoms with E-state index >= 15 is 0 Å². The minimum absolute atomic E-state index is 0.0583. The fourth-order valence-electron chi connectivity index (χ4n) is 3.94. The number of carbonyl (C=O) groups is 1. The van der Waals surface area contributed by atoms with Crippen LogP contribution in [-0.4, -0.2) is 54.1 Å². The largest absolute Gasteiger partial charge is 0.497 e. The maximum Gasteiger partial charge on any atom is 0.317 e. The minimum Gasteiger partial charge on any atom is -0.497 e. The summed E-state index contributed by atoms with van der Waals surface area (Å²) in [5.74, 6) is 2.31. The number of hydrogen-bond acceptors (Lipinski definition) is 6. The summed E-state index contributed by atoms with van der Waals surface area (Å²) in [6, 6.07) is 19.9. The molecule has 1 aliphatic heterocycles. The lowest BCUT2D eigenvalue weighted by Gasteiger charge is -2.34. The van der Waals surface area contributed by atoms with Crippen LogP contribution in [0.25, 0.3) is 21.0 Å². The lowest BCUT2D eigenvalue weighted by molar-refractivity contribution is 0.134. The molecule has 0 radical (unpaired) electrons. The van der Waals surface area contributed by atoms with Crippen LogP contribution in [0.1, 0.15) is 11.3 Å². The van der Waals surface area contributed by atoms with Crippen LogP contribution < -0.4 is 10.1 Å². The first-order valence-electron chi connectivity index (χ1n) is 11.0. The lowest BCUT2D eigenvalue weighted by Crippen LogP contribution is -2.51. The van der Waals surface area contributed by atoms with Gasteiger partial charge in [0.15, 0.2) is 10.8 Å². The van der Waals surface area contributed by atoms with Gasteiger partial charge in [0.25, 0.3) is 0 Å². The summed E-state index contributed by atoms with van der Waals surface area (Å²) in [5.41, 5.74) is 2.21. The van der Waals surface area contributed by atoms with Gasteiger partial charge in [-0.05, 0) is 42.0 Å². The van der Waals surface area contributed by atoms with Crippen molar-refractivity contribution in [2.24, 2.45) is 0 Å². The van der Waals surface area contributed by atoms with E-state index in [1.54, 1.807) is 18.4 Å². The predicted octanol–water partition coefficient (Wildman–Crippen LogP) is 4.59. The first kappa shape index (κ1) is 21.5. The second-order valence-corrected chi connectivity index (χ2v) is 9.05. The average Bonchev–Trinajstić information content (AvgIpc) is 3.50. The number of hydrogen-bond donors (Lipinski definition) is 1. The highest BCUT2D eigenvalue weighted by molar-refractivity contribution is 7.21. The molecule has 2 amide bonds. The molecule has 1 N–H and O–H groups in total. The van der Waals surface area contributed by atoms with Crippen LogP contribution in [0.3, 0.4) is 0 Å². The number of rotatable bonds is 6. The maximum absolute atomic E-state index is 12.6. The SMILES string of the molecule is COc1ccc(CN2CCN(C(=O)NCc3ccc(-c4nc5ccccc5s4)o3)CC2)cc1. The number of nitrogens with one attached hydrogen (secondary N) is 1. The standard InChI is InChI=1S/C25H26N4O3S/c1-31-19-8-6-18(7-9-19)17-28-12-14-29(15-13-28)25(30)26-16-20-10-11-22(32-20)24-27-21-4-2-3-5-23(21)33-24/h2-11H,12-17H2,1H3,(H,26,30). The molecule has 0 spiro atoms. The first-order chi connectivity index (χ1) is 16.2. The Hall–Kier alpha value is -3.36. The number of ether oxygens (including phenoxy) is 1. The van der Waals surface area contributed by atoms with Crippen molar-refractivity contribution in [1.29, 1.82) is 0 Å². The Morgan fingerprint density at radius 2 is 1.85 bits per heavy atom. The van der Waals surface area contributed by atoms with Crippen LogP contribution in [0.4, 0.5) is 4.79 Å². The van der Waals surface area contributed by atoms with Crippen molar-refractivity contribution in [3.63, 3.8) is 0 Å². The van der Waals surface area contributed by atoms with Crippen LogP contribution in [-0.2, 0) is 13.1 Å². The molecule has 1 saturated heterocycles. The Bertz CT molecular complexity index is 1190. The lowest BCUT2D eigenvalue weighted by atomic mass is 10.2. The Morgan fingerprint density at radius 1 is 1.06 bits per heavy atom. The molecular formula is C25H26N4O3S. The molecular weight excluding hydrogens is 436 g/mol. The van der Waals surface area contributed by atoms with E-state index in [0.717, 1.165) is 52.1 Å². The molecule has 8 heteroatoms. The molecule has 0 atom stereocenters. The van der Waals surface area contributed by atoms with Gasteiger partial charge >= 0.3 is 6.03 Å². The molecule has 0 aliphatic carbocycles. The van der Waals surface area contributed by atoms with Gasteiger partial charge in [-0.1, -0.05) is 24.3 Å². The summed E-state index contributed by atoms with van der Waals surface area (Å²) in [7, 11) is 1.67. The third-order valence-electron chi connectivity index (χ3n) is 5.80. The maximum atomic E-state index is 12.6. The summed E-state index contributed by atoms with van der Waals surface area (Å²) >= 11 is 1.60. The zero-order valence-corrected chi connectivity index (χ0v) is 19.3. The molecule has 3 heterocycles. The van der Waals surface area contributed by atoms with E-state index in [1.165, 1.54) is 5.56 Å². The zero-order valence-electron chi connectivity index (χ0n) is 18.5. The predicted molar refractivity (Wildman–Crippen MR) is 129 cm³/mol. The summed E-state index contributed by atoms with van der Waals surface area (Å²) in [5, 5.41) is 3.83. The molecule has 7 nitrogen and oxygen atoms in total. The number of amides is 2. The number of carbonyl (C=O) groups excluding carboxylic acids is 1. The molecule has 0 unspecified atom stereocenters. The fourth-order valence-corrected chi connectivity index (χ4v) is 4.87. The van der Waals surface area contributed by atoms with Crippen molar-refractivity contribution in [2.45, 2.75) is 13.1 Å². The highest BCUT2D eigenvalue weighted by atomic mass is 32.1. The third-order valence-corrected chi connectivity index (χ3v) is 6.86. The molecule has 2 aromatic carbocycles. The number of thiazole rings is 1. The van der Waals surface area contributed by atoms with Crippen molar-refractivity contribution in [2.75, 3.05) is 33.3 Å². The van der Waals surface area contributed by atoms with Crippen molar-refractivity contribution in [3.05, 3.63) is 72.0 Å². The van der Waals surface area contributed by atoms with Crippen molar-refractivity contribution >= 4 is 27.6 Å². The summed E-state index contributed by atoms with van der Waals surface area (Å²) < 4.78 is 12.3. The summed E-state index contributed by atoms with van der Waals surface area (Å²) in [6.07, 6.45) is 0. The molecule has 170 valence electrons. The summed E-state index contributed by atoms with van der Waals surface area (Å²) in [4.78, 5) is 21.5. The molecule has 33 heavy (non-hydrogen) atoms. The highest BCUT2D eigenvalue weighted by Crippen LogP contribution is 2.31. The van der Waals surface area contributed by atoms with E-state index in [0.29, 0.717) is 19.6 Å². The van der Waals surface area contributed by atoms with Gasteiger partial charge in [-0.3, -0.25) is 4.90 Å². The quantitative estimate of drug-likeness (QED) is 0.454. The van der Waals surface area contributed by atoms with Crippen LogP contribution in [0.2, 0.25) is 0 Å². The van der Waals surface area contributed by atoms with Gasteiger partial charge in [-0.25, -0.2) is 9.78 Å². The number of furan rings is 1. The van der Waals surface area contributed by atoms with Crippen LogP contribution in [0, 0.1) is 0 Å². The van der Waals surface area contributed by atoms with E-state index in [-0.39, 0.29) is 6.03 Å². The van der Waals surface area contributed by atoms with Gasteiger partial charge in [-0.2, -0.15) is 0 Å². The Balaban J connectivity index is 1.10. The Kier molecular flexibility index (Phi) is 6.28. The van der Waals surface area contributed by atoms with Crippen LogP contribution in [0.15, 0.2) is 65.1 Å². The number of piperazine rings is 1. The topological polar surface area (TPSA) is 70.8 Å². The number of methoxy groups -OCH3 is 1. The van der Waals surface area contributed by atoms with Crippen molar-refractivity contribution in [3.8, 4) is 16.5 Å². The highest BCUT2D eigenvalue weighted by Gasteiger charge is 2.21. The molecule has 1 fully saturated rings. The number of nitrogens with zero attached hydrogens (tertiary/aromatic N) is 3. The van der Waals surface area contributed by atoms with E-state index in [9.17, 15) is 4.79 Å². The van der Waals surface area contributed by atoms with Gasteiger partial charge in [-0.15, -0.1) is 11.3 Å². The fraction of sp³-hybridized carbons (Fsp3) is 0.280. The van der Waals surface area contributed by atoms with Gasteiger partial charge in [0, 0.05) is 32.7 Å². The molecule has 2 aromatic heterocycles. The van der Waals surface area contributed by atoms with Gasteiger partial charge in [0.05, 0.1) is 23.9 Å². The zero-order chi connectivity index (χ0) is 22.6. The van der Waals surface area contributed by atoms with E-state index in [4.69, 9.17) is 9.15 Å². The van der Waals surface area contributed by atoms with Crippen LogP contribution >= 0.6 is 11.3 Å². The summed E-state index contributed by atoms with van der Waals surface area (Å²) in [6.45, 7) is 4.34. The average molecular weight is 463 g/mol. The molecule has 5 rings (SSSR count). The van der Waals surface area contributed by atoms with Gasteiger partial charge in [0.1, 0.15) is 11.5 Å². The van der Waals surface area contributed by atoms with Gasteiger partial charge in [0.2, 0.25) is 0 Å². The van der Waals surface area contributed by atoms with Crippen molar-refractivity contribution < 1.29 is 13.9 Å². The molecule has 1 aliphatic rings. The van der Waals surface area contributed by atoms with Crippen LogP contribution in [0.5, 0.6) is 5.75 Å². The number of urea groups is 1. The first-order valence-corrected chi connectivity index (χ1v) is 11.8. The Labute approximate surface area is 196 Å². The van der Waals surface area contributed by atoms with Gasteiger partial charge < -0.3 is 19.4 Å². The number of para-hydroxylation sites is 1. The van der Waals surface area contributed by atoms with E-state index in [2.05, 4.69) is 33.4 Å². The molecule has 0 bridgehead atoms. The molecule has 4 aromatic rings. The number of aromatic nitrogens is 1. The molecule has 0 saturated carbocycles. The van der Waals surface area contributed by atoms with Crippen molar-refractivity contribution in [1.82, 2.24) is 20.1 Å². The Morgan fingerprint density at radius 3 is 2.61 bits per heavy atom. The normalized spacial score (nSPS) is 14.5. The number of fused-ring (bicyclic) bond motifs is 1. The smallest absolute Gasteiger partial charge is 0.317 e. The van der Waals surface area contributed by atoms with E-state index in [1.807, 2.05) is 47.4 Å². The second-order valence-electron chi connectivity index (χ2n) is 8.02. The second kappa shape index (κ2) is 9.64. The van der Waals surface area contributed by atoms with E-state index < -0.39 is 0 Å². The minimum atomic E-state index is -0.0583. The third kappa shape index (κ3) is 5.02. The monoisotopic (exact) mass is 462 g/mol. The number of benzene rings is 2.